The Balaban J connectivity index is 2.78. The molecule has 1 rings (SSSR count). The molecule has 0 aliphatic carbocycles. The highest BCUT2D eigenvalue weighted by atomic mass is 14.9. The zero-order valence-corrected chi connectivity index (χ0v) is 13.5. The summed E-state index contributed by atoms with van der Waals surface area (Å²) in [4.78, 5) is 9.30. The molecule has 1 unspecified atom stereocenters. The van der Waals surface area contributed by atoms with E-state index in [-0.39, 0.29) is 0 Å². The molecule has 1 heterocycles. The number of nitrogens with one attached hydrogen (secondary N) is 1. The highest BCUT2D eigenvalue weighted by Crippen LogP contribution is 2.18. The van der Waals surface area contributed by atoms with Gasteiger partial charge in [0.05, 0.1) is 0 Å². The smallest absolute Gasteiger partial charge is 0.131 e. The lowest BCUT2D eigenvalue weighted by Gasteiger charge is -2.18. The summed E-state index contributed by atoms with van der Waals surface area (Å²) in [6, 6.07) is 0.546. The molecule has 0 radical (unpaired) electrons. The molecule has 0 spiro atoms. The zero-order valence-electron chi connectivity index (χ0n) is 13.5. The van der Waals surface area contributed by atoms with Gasteiger partial charge in [-0.2, -0.15) is 0 Å². The van der Waals surface area contributed by atoms with Gasteiger partial charge in [0, 0.05) is 23.3 Å². The highest BCUT2D eigenvalue weighted by Gasteiger charge is 2.13. The molecule has 3 nitrogen and oxygen atoms in total. The monoisotopic (exact) mass is 263 g/mol. The second-order valence-electron chi connectivity index (χ2n) is 6.26. The van der Waals surface area contributed by atoms with Crippen LogP contribution < -0.4 is 5.32 Å². The molecule has 1 aromatic rings. The third kappa shape index (κ3) is 4.90. The van der Waals surface area contributed by atoms with Crippen molar-refractivity contribution in [2.24, 2.45) is 5.92 Å². The number of hydrogen-bond donors (Lipinski definition) is 1. The van der Waals surface area contributed by atoms with Crippen LogP contribution in [0.25, 0.3) is 0 Å². The summed E-state index contributed by atoms with van der Waals surface area (Å²) in [6.07, 6.45) is 1.05. The van der Waals surface area contributed by atoms with E-state index in [2.05, 4.69) is 63.8 Å². The van der Waals surface area contributed by atoms with E-state index in [0.29, 0.717) is 17.9 Å². The molecule has 1 N–H and O–H groups in total. The number of rotatable bonds is 6. The van der Waals surface area contributed by atoms with Gasteiger partial charge < -0.3 is 5.32 Å². The first-order valence-corrected chi connectivity index (χ1v) is 7.38. The van der Waals surface area contributed by atoms with Crippen LogP contribution in [-0.4, -0.2) is 22.6 Å². The van der Waals surface area contributed by atoms with Crippen LogP contribution >= 0.6 is 0 Å². The Kier molecular flexibility index (Phi) is 5.92. The first-order valence-electron chi connectivity index (χ1n) is 7.38. The third-order valence-corrected chi connectivity index (χ3v) is 3.38. The Bertz CT molecular complexity index is 387. The summed E-state index contributed by atoms with van der Waals surface area (Å²) in [5, 5.41) is 3.49. The molecule has 0 bridgehead atoms. The average molecular weight is 263 g/mol. The van der Waals surface area contributed by atoms with E-state index in [1.807, 2.05) is 0 Å². The number of nitrogens with zero attached hydrogens (tertiary/aromatic N) is 2. The molecule has 0 aliphatic rings. The van der Waals surface area contributed by atoms with E-state index in [4.69, 9.17) is 0 Å². The Morgan fingerprint density at radius 3 is 1.89 bits per heavy atom. The summed E-state index contributed by atoms with van der Waals surface area (Å²) < 4.78 is 0. The fourth-order valence-electron chi connectivity index (χ4n) is 2.18. The van der Waals surface area contributed by atoms with Crippen molar-refractivity contribution in [3.63, 3.8) is 0 Å². The second-order valence-corrected chi connectivity index (χ2v) is 6.26. The maximum atomic E-state index is 4.65. The maximum absolute atomic E-state index is 4.65. The Morgan fingerprint density at radius 1 is 0.947 bits per heavy atom. The zero-order chi connectivity index (χ0) is 14.6. The van der Waals surface area contributed by atoms with Crippen molar-refractivity contribution < 1.29 is 0 Å². The predicted molar refractivity (Wildman–Crippen MR) is 81.6 cm³/mol. The van der Waals surface area contributed by atoms with E-state index in [9.17, 15) is 0 Å². The molecule has 108 valence electrons. The van der Waals surface area contributed by atoms with Crippen molar-refractivity contribution >= 4 is 0 Å². The topological polar surface area (TPSA) is 37.8 Å². The molecule has 0 saturated carbocycles. The Hall–Kier alpha value is -0.960. The molecule has 0 saturated heterocycles. The van der Waals surface area contributed by atoms with Gasteiger partial charge >= 0.3 is 0 Å². The fourth-order valence-corrected chi connectivity index (χ4v) is 2.18. The second kappa shape index (κ2) is 6.99. The van der Waals surface area contributed by atoms with E-state index in [0.717, 1.165) is 30.2 Å². The molecule has 0 amide bonds. The van der Waals surface area contributed by atoms with Crippen LogP contribution in [0.2, 0.25) is 0 Å². The first kappa shape index (κ1) is 16.1. The van der Waals surface area contributed by atoms with Crippen LogP contribution in [0.4, 0.5) is 0 Å². The van der Waals surface area contributed by atoms with Gasteiger partial charge in [0.1, 0.15) is 5.82 Å². The molecular weight excluding hydrogens is 234 g/mol. The Morgan fingerprint density at radius 2 is 1.47 bits per heavy atom. The van der Waals surface area contributed by atoms with Crippen molar-refractivity contribution in [2.75, 3.05) is 6.54 Å². The minimum atomic E-state index is 0.395. The van der Waals surface area contributed by atoms with Gasteiger partial charge in [0.2, 0.25) is 0 Å². The molecule has 0 fully saturated rings. The molecular formula is C16H29N3. The lowest BCUT2D eigenvalue weighted by atomic mass is 9.98. The van der Waals surface area contributed by atoms with E-state index in [1.165, 1.54) is 5.56 Å². The van der Waals surface area contributed by atoms with Crippen LogP contribution in [0.5, 0.6) is 0 Å². The predicted octanol–water partition coefficient (Wildman–Crippen LogP) is 3.39. The van der Waals surface area contributed by atoms with Crippen LogP contribution in [0.3, 0.4) is 0 Å². The summed E-state index contributed by atoms with van der Waals surface area (Å²) in [6.45, 7) is 16.2. The molecule has 0 aromatic carbocycles. The van der Waals surface area contributed by atoms with Gasteiger partial charge in [0.15, 0.2) is 0 Å². The van der Waals surface area contributed by atoms with Crippen molar-refractivity contribution in [1.82, 2.24) is 15.3 Å². The number of hydrogen-bond acceptors (Lipinski definition) is 3. The summed E-state index contributed by atoms with van der Waals surface area (Å²) >= 11 is 0. The quantitative estimate of drug-likeness (QED) is 0.855. The van der Waals surface area contributed by atoms with Gasteiger partial charge in [-0.3, -0.25) is 0 Å². The largest absolute Gasteiger partial charge is 0.314 e. The summed E-state index contributed by atoms with van der Waals surface area (Å²) in [5.74, 6) is 1.96. The van der Waals surface area contributed by atoms with Crippen LogP contribution in [-0.2, 0) is 6.42 Å². The fraction of sp³-hybridized carbons (Fsp3) is 0.750. The molecule has 0 aliphatic heterocycles. The minimum absolute atomic E-state index is 0.395. The lowest BCUT2D eigenvalue weighted by Crippen LogP contribution is -2.29. The van der Waals surface area contributed by atoms with Gasteiger partial charge in [-0.1, -0.05) is 34.6 Å². The van der Waals surface area contributed by atoms with E-state index in [1.54, 1.807) is 0 Å². The van der Waals surface area contributed by atoms with Crippen LogP contribution in [0.1, 0.15) is 63.3 Å². The van der Waals surface area contributed by atoms with E-state index < -0.39 is 0 Å². The van der Waals surface area contributed by atoms with Crippen molar-refractivity contribution in [1.29, 1.82) is 0 Å². The van der Waals surface area contributed by atoms with Crippen LogP contribution in [0.15, 0.2) is 0 Å². The molecule has 19 heavy (non-hydrogen) atoms. The van der Waals surface area contributed by atoms with E-state index >= 15 is 0 Å². The average Bonchev–Trinajstić information content (AvgIpc) is 2.30. The first-order chi connectivity index (χ1) is 8.81. The van der Waals surface area contributed by atoms with Gasteiger partial charge in [-0.15, -0.1) is 0 Å². The summed E-state index contributed by atoms with van der Waals surface area (Å²) in [5.41, 5.74) is 3.61. The van der Waals surface area contributed by atoms with Gasteiger partial charge in [0.25, 0.3) is 0 Å². The number of aryl methyl sites for hydroxylation is 2. The van der Waals surface area contributed by atoms with Crippen molar-refractivity contribution in [3.8, 4) is 0 Å². The molecule has 3 heteroatoms. The highest BCUT2D eigenvalue weighted by molar-refractivity contribution is 5.25. The van der Waals surface area contributed by atoms with Crippen molar-refractivity contribution in [3.05, 3.63) is 22.8 Å². The molecule has 1 aromatic heterocycles. The summed E-state index contributed by atoms with van der Waals surface area (Å²) in [7, 11) is 0. The molecule has 1 atom stereocenters. The maximum Gasteiger partial charge on any atom is 0.131 e. The Labute approximate surface area is 118 Å². The minimum Gasteiger partial charge on any atom is -0.314 e. The lowest BCUT2D eigenvalue weighted by molar-refractivity contribution is 0.473. The SMILES string of the molecule is Cc1nc(C(C)C)nc(C)c1CC(C)CNC(C)C. The van der Waals surface area contributed by atoms with Gasteiger partial charge in [-0.25, -0.2) is 9.97 Å². The third-order valence-electron chi connectivity index (χ3n) is 3.38. The van der Waals surface area contributed by atoms with Crippen molar-refractivity contribution in [2.45, 2.75) is 66.8 Å². The van der Waals surface area contributed by atoms with Gasteiger partial charge in [-0.05, 0) is 38.3 Å². The number of aromatic nitrogens is 2. The standard InChI is InChI=1S/C16H29N3/c1-10(2)16-18-13(6)15(14(7)19-16)8-12(5)9-17-11(3)4/h10-12,17H,8-9H2,1-7H3. The normalized spacial score (nSPS) is 13.3. The van der Waals surface area contributed by atoms with Crippen LogP contribution in [0, 0.1) is 19.8 Å².